The number of thiazole rings is 1. The largest absolute Gasteiger partial charge is 0.374 e. The maximum atomic E-state index is 5.91. The Bertz CT molecular complexity index is 393. The van der Waals surface area contributed by atoms with Gasteiger partial charge >= 0.3 is 0 Å². The van der Waals surface area contributed by atoms with Gasteiger partial charge in [0.15, 0.2) is 0 Å². The average molecular weight is 252 g/mol. The SMILES string of the molecule is CCNC(C)c1cnc(C2CC3CCC2O3)s1. The summed E-state index contributed by atoms with van der Waals surface area (Å²) in [5.74, 6) is 0.571. The molecule has 4 unspecified atom stereocenters. The van der Waals surface area contributed by atoms with E-state index in [0.29, 0.717) is 24.2 Å². The summed E-state index contributed by atoms with van der Waals surface area (Å²) < 4.78 is 5.91. The lowest BCUT2D eigenvalue weighted by atomic mass is 9.90. The molecule has 2 aliphatic heterocycles. The van der Waals surface area contributed by atoms with Crippen molar-refractivity contribution >= 4 is 11.3 Å². The predicted octanol–water partition coefficient (Wildman–Crippen LogP) is 2.85. The highest BCUT2D eigenvalue weighted by atomic mass is 32.1. The second-order valence-corrected chi connectivity index (χ2v) is 6.19. The van der Waals surface area contributed by atoms with Gasteiger partial charge in [-0.3, -0.25) is 0 Å². The molecule has 4 heteroatoms. The maximum absolute atomic E-state index is 5.91. The third-order valence-corrected chi connectivity index (χ3v) is 5.21. The summed E-state index contributed by atoms with van der Waals surface area (Å²) in [6.07, 6.45) is 6.68. The Balaban J connectivity index is 1.72. The molecule has 0 saturated carbocycles. The van der Waals surface area contributed by atoms with Crippen molar-refractivity contribution < 1.29 is 4.74 Å². The monoisotopic (exact) mass is 252 g/mol. The van der Waals surface area contributed by atoms with Crippen LogP contribution in [0.5, 0.6) is 0 Å². The van der Waals surface area contributed by atoms with E-state index in [9.17, 15) is 0 Å². The van der Waals surface area contributed by atoms with Crippen LogP contribution in [0.4, 0.5) is 0 Å². The van der Waals surface area contributed by atoms with Gasteiger partial charge < -0.3 is 10.1 Å². The highest BCUT2D eigenvalue weighted by molar-refractivity contribution is 7.11. The van der Waals surface area contributed by atoms with Gasteiger partial charge in [0.25, 0.3) is 0 Å². The topological polar surface area (TPSA) is 34.2 Å². The maximum Gasteiger partial charge on any atom is 0.0986 e. The van der Waals surface area contributed by atoms with E-state index in [2.05, 4.69) is 24.1 Å². The van der Waals surface area contributed by atoms with Crippen molar-refractivity contribution in [3.63, 3.8) is 0 Å². The zero-order valence-corrected chi connectivity index (χ0v) is 11.3. The van der Waals surface area contributed by atoms with E-state index in [1.165, 1.54) is 29.1 Å². The van der Waals surface area contributed by atoms with Crippen LogP contribution in [0.15, 0.2) is 6.20 Å². The van der Waals surface area contributed by atoms with Gasteiger partial charge in [-0.05, 0) is 32.7 Å². The van der Waals surface area contributed by atoms with Gasteiger partial charge in [-0.2, -0.15) is 0 Å². The van der Waals surface area contributed by atoms with Crippen molar-refractivity contribution in [3.8, 4) is 0 Å². The summed E-state index contributed by atoms with van der Waals surface area (Å²) in [4.78, 5) is 5.97. The molecule has 0 aliphatic carbocycles. The van der Waals surface area contributed by atoms with Crippen LogP contribution in [0.2, 0.25) is 0 Å². The van der Waals surface area contributed by atoms with Crippen LogP contribution < -0.4 is 5.32 Å². The van der Waals surface area contributed by atoms with Crippen LogP contribution in [-0.2, 0) is 4.74 Å². The molecule has 0 aromatic carbocycles. The van der Waals surface area contributed by atoms with Crippen LogP contribution in [0.25, 0.3) is 0 Å². The van der Waals surface area contributed by atoms with E-state index in [-0.39, 0.29) is 0 Å². The van der Waals surface area contributed by atoms with E-state index in [0.717, 1.165) is 6.54 Å². The van der Waals surface area contributed by atoms with E-state index in [1.54, 1.807) is 0 Å². The van der Waals surface area contributed by atoms with Crippen LogP contribution in [0.3, 0.4) is 0 Å². The minimum atomic E-state index is 0.422. The Hall–Kier alpha value is -0.450. The molecule has 2 aliphatic rings. The second-order valence-electron chi connectivity index (χ2n) is 5.10. The van der Waals surface area contributed by atoms with Gasteiger partial charge in [-0.15, -0.1) is 11.3 Å². The quantitative estimate of drug-likeness (QED) is 0.894. The van der Waals surface area contributed by atoms with Crippen molar-refractivity contribution in [2.45, 2.75) is 57.3 Å². The van der Waals surface area contributed by atoms with Gasteiger partial charge in [0, 0.05) is 23.0 Å². The van der Waals surface area contributed by atoms with Gasteiger partial charge in [0.05, 0.1) is 17.2 Å². The number of hydrogen-bond acceptors (Lipinski definition) is 4. The van der Waals surface area contributed by atoms with Gasteiger partial charge in [0.2, 0.25) is 0 Å². The highest BCUT2D eigenvalue weighted by Gasteiger charge is 2.42. The molecule has 2 fully saturated rings. The number of rotatable bonds is 4. The Labute approximate surface area is 107 Å². The molecule has 0 radical (unpaired) electrons. The molecular formula is C13H20N2OS. The number of ether oxygens (including phenoxy) is 1. The summed E-state index contributed by atoms with van der Waals surface area (Å²) in [6.45, 7) is 5.35. The highest BCUT2D eigenvalue weighted by Crippen LogP contribution is 2.45. The van der Waals surface area contributed by atoms with Gasteiger partial charge in [-0.1, -0.05) is 6.92 Å². The summed E-state index contributed by atoms with van der Waals surface area (Å²) in [5, 5.41) is 4.73. The zero-order chi connectivity index (χ0) is 11.8. The lowest BCUT2D eigenvalue weighted by Gasteiger charge is -2.15. The molecule has 4 atom stereocenters. The molecule has 2 saturated heterocycles. The molecule has 1 aromatic rings. The number of aromatic nitrogens is 1. The predicted molar refractivity (Wildman–Crippen MR) is 69.5 cm³/mol. The van der Waals surface area contributed by atoms with E-state index < -0.39 is 0 Å². The Morgan fingerprint density at radius 2 is 2.47 bits per heavy atom. The fourth-order valence-electron chi connectivity index (χ4n) is 2.98. The van der Waals surface area contributed by atoms with Crippen molar-refractivity contribution in [2.24, 2.45) is 0 Å². The summed E-state index contributed by atoms with van der Waals surface area (Å²) in [7, 11) is 0. The van der Waals surface area contributed by atoms with Crippen LogP contribution in [0, 0.1) is 0 Å². The number of nitrogens with zero attached hydrogens (tertiary/aromatic N) is 1. The molecule has 0 spiro atoms. The van der Waals surface area contributed by atoms with Gasteiger partial charge in [-0.25, -0.2) is 4.98 Å². The molecule has 3 heterocycles. The first-order valence-corrected chi connectivity index (χ1v) is 7.44. The normalized spacial score (nSPS) is 33.2. The minimum Gasteiger partial charge on any atom is -0.374 e. The standard InChI is InChI=1S/C13H20N2OS/c1-3-14-8(2)12-7-15-13(17-12)10-6-9-4-5-11(10)16-9/h7-11,14H,3-6H2,1-2H3. The minimum absolute atomic E-state index is 0.422. The van der Waals surface area contributed by atoms with Crippen molar-refractivity contribution in [2.75, 3.05) is 6.54 Å². The fraction of sp³-hybridized carbons (Fsp3) is 0.769. The molecule has 3 rings (SSSR count). The zero-order valence-electron chi connectivity index (χ0n) is 10.5. The van der Waals surface area contributed by atoms with E-state index >= 15 is 0 Å². The third kappa shape index (κ3) is 2.14. The lowest BCUT2D eigenvalue weighted by molar-refractivity contribution is 0.101. The molecule has 94 valence electrons. The molecule has 2 bridgehead atoms. The van der Waals surface area contributed by atoms with Crippen molar-refractivity contribution in [3.05, 3.63) is 16.1 Å². The van der Waals surface area contributed by atoms with Crippen molar-refractivity contribution in [1.29, 1.82) is 0 Å². The van der Waals surface area contributed by atoms with Crippen molar-refractivity contribution in [1.82, 2.24) is 10.3 Å². The molecular weight excluding hydrogens is 232 g/mol. The Morgan fingerprint density at radius 3 is 3.12 bits per heavy atom. The van der Waals surface area contributed by atoms with Crippen LogP contribution in [0.1, 0.15) is 55.0 Å². The van der Waals surface area contributed by atoms with Gasteiger partial charge in [0.1, 0.15) is 0 Å². The lowest BCUT2D eigenvalue weighted by Crippen LogP contribution is -2.16. The second kappa shape index (κ2) is 4.67. The summed E-state index contributed by atoms with van der Waals surface area (Å²) in [6, 6.07) is 0.422. The smallest absolute Gasteiger partial charge is 0.0986 e. The number of hydrogen-bond donors (Lipinski definition) is 1. The molecule has 0 amide bonds. The molecule has 3 nitrogen and oxygen atoms in total. The molecule has 17 heavy (non-hydrogen) atoms. The van der Waals surface area contributed by atoms with E-state index in [1.807, 2.05) is 17.5 Å². The van der Waals surface area contributed by atoms with Crippen LogP contribution in [-0.4, -0.2) is 23.7 Å². The molecule has 1 aromatic heterocycles. The first-order chi connectivity index (χ1) is 8.28. The summed E-state index contributed by atoms with van der Waals surface area (Å²) >= 11 is 1.86. The third-order valence-electron chi connectivity index (χ3n) is 3.90. The Morgan fingerprint density at radius 1 is 1.59 bits per heavy atom. The number of fused-ring (bicyclic) bond motifs is 2. The first-order valence-electron chi connectivity index (χ1n) is 6.62. The molecule has 1 N–H and O–H groups in total. The summed E-state index contributed by atoms with van der Waals surface area (Å²) in [5.41, 5.74) is 0. The van der Waals surface area contributed by atoms with E-state index in [4.69, 9.17) is 4.74 Å². The fourth-order valence-corrected chi connectivity index (χ4v) is 4.09. The first kappa shape index (κ1) is 11.6. The van der Waals surface area contributed by atoms with Crippen LogP contribution >= 0.6 is 11.3 Å². The average Bonchev–Trinajstić information content (AvgIpc) is 3.05. The number of nitrogens with one attached hydrogen (secondary N) is 1. The Kier molecular flexibility index (Phi) is 3.19.